The van der Waals surface area contributed by atoms with Crippen LogP contribution < -0.4 is 5.73 Å². The van der Waals surface area contributed by atoms with Crippen molar-refractivity contribution in [2.45, 2.75) is 29.5 Å². The van der Waals surface area contributed by atoms with Gasteiger partial charge in [-0.1, -0.05) is 0 Å². The lowest BCUT2D eigenvalue weighted by Crippen LogP contribution is -2.66. The molecule has 7 heteroatoms. The highest BCUT2D eigenvalue weighted by atomic mass is 32.1. The number of hydrogen-bond donors (Lipinski definition) is 6. The van der Waals surface area contributed by atoms with Crippen LogP contribution in [-0.4, -0.2) is 56.5 Å². The molecule has 1 fully saturated rings. The lowest BCUT2D eigenvalue weighted by Gasteiger charge is -2.43. The topological polar surface area (TPSA) is 116 Å². The summed E-state index contributed by atoms with van der Waals surface area (Å²) >= 11 is 3.65. The first-order valence-electron chi connectivity index (χ1n) is 3.75. The number of aliphatic hydroxyl groups is 4. The molecule has 13 heavy (non-hydrogen) atoms. The molecule has 1 heterocycles. The van der Waals surface area contributed by atoms with Crippen molar-refractivity contribution >= 4 is 12.6 Å². The zero-order valence-electron chi connectivity index (χ0n) is 6.74. The SMILES string of the molecule is N[C@@H]1[C@@H](O)[C@@H](O)[C@@H](CO)OC1(O)S. The fraction of sp³-hybridized carbons (Fsp3) is 1.00. The van der Waals surface area contributed by atoms with Gasteiger partial charge in [-0.15, -0.1) is 12.6 Å². The van der Waals surface area contributed by atoms with Crippen molar-refractivity contribution in [3.8, 4) is 0 Å². The van der Waals surface area contributed by atoms with Crippen molar-refractivity contribution in [2.75, 3.05) is 6.61 Å². The molecule has 1 saturated heterocycles. The van der Waals surface area contributed by atoms with Gasteiger partial charge in [0.05, 0.1) is 12.6 Å². The van der Waals surface area contributed by atoms with Gasteiger partial charge in [0.15, 0.2) is 0 Å². The summed E-state index contributed by atoms with van der Waals surface area (Å²) in [5.41, 5.74) is 5.32. The monoisotopic (exact) mass is 211 g/mol. The lowest BCUT2D eigenvalue weighted by molar-refractivity contribution is -0.267. The van der Waals surface area contributed by atoms with E-state index in [0.29, 0.717) is 0 Å². The molecule has 0 spiro atoms. The maximum Gasteiger partial charge on any atom is 0.231 e. The van der Waals surface area contributed by atoms with E-state index in [4.69, 9.17) is 15.6 Å². The maximum absolute atomic E-state index is 9.37. The molecule has 1 aliphatic rings. The summed E-state index contributed by atoms with van der Waals surface area (Å²) in [5, 5.41) is 34.6. The van der Waals surface area contributed by atoms with Crippen molar-refractivity contribution in [3.63, 3.8) is 0 Å². The summed E-state index contributed by atoms with van der Waals surface area (Å²) in [6.07, 6.45) is -3.79. The van der Waals surface area contributed by atoms with Crippen molar-refractivity contribution in [3.05, 3.63) is 0 Å². The number of rotatable bonds is 1. The average molecular weight is 211 g/mol. The summed E-state index contributed by atoms with van der Waals surface area (Å²) in [7, 11) is 0. The molecule has 6 nitrogen and oxygen atoms in total. The first-order chi connectivity index (χ1) is 5.90. The minimum Gasteiger partial charge on any atom is -0.394 e. The van der Waals surface area contributed by atoms with Crippen LogP contribution in [0.15, 0.2) is 0 Å². The van der Waals surface area contributed by atoms with Gasteiger partial charge in [-0.05, 0) is 0 Å². The molecule has 0 bridgehead atoms. The van der Waals surface area contributed by atoms with E-state index in [1.165, 1.54) is 0 Å². The van der Waals surface area contributed by atoms with E-state index in [2.05, 4.69) is 12.6 Å². The maximum atomic E-state index is 9.37. The number of ether oxygens (including phenoxy) is 1. The van der Waals surface area contributed by atoms with Gasteiger partial charge in [0.1, 0.15) is 18.3 Å². The van der Waals surface area contributed by atoms with E-state index >= 15 is 0 Å². The molecule has 0 radical (unpaired) electrons. The Hall–Kier alpha value is 0.110. The molecular weight excluding hydrogens is 198 g/mol. The van der Waals surface area contributed by atoms with Gasteiger partial charge in [-0.3, -0.25) is 0 Å². The number of aliphatic hydroxyl groups excluding tert-OH is 3. The smallest absolute Gasteiger partial charge is 0.231 e. The Morgan fingerprint density at radius 2 is 1.92 bits per heavy atom. The molecule has 1 unspecified atom stereocenters. The Balaban J connectivity index is 2.79. The van der Waals surface area contributed by atoms with Crippen molar-refractivity contribution in [1.29, 1.82) is 0 Å². The van der Waals surface area contributed by atoms with Crippen LogP contribution in [0.4, 0.5) is 0 Å². The third kappa shape index (κ3) is 1.96. The van der Waals surface area contributed by atoms with Crippen LogP contribution in [0.25, 0.3) is 0 Å². The molecule has 1 aliphatic heterocycles. The highest BCUT2D eigenvalue weighted by Gasteiger charge is 2.49. The third-order valence-corrected chi connectivity index (χ3v) is 2.44. The summed E-state index contributed by atoms with van der Waals surface area (Å²) in [6.45, 7) is -0.534. The Labute approximate surface area is 80.3 Å². The van der Waals surface area contributed by atoms with E-state index in [9.17, 15) is 15.3 Å². The molecule has 6 N–H and O–H groups in total. The van der Waals surface area contributed by atoms with E-state index in [0.717, 1.165) is 0 Å². The van der Waals surface area contributed by atoms with Crippen LogP contribution in [0.1, 0.15) is 0 Å². The second kappa shape index (κ2) is 3.70. The number of nitrogens with two attached hydrogens (primary N) is 1. The van der Waals surface area contributed by atoms with Crippen molar-refractivity contribution in [1.82, 2.24) is 0 Å². The largest absolute Gasteiger partial charge is 0.394 e. The molecule has 0 aromatic heterocycles. The predicted molar refractivity (Wildman–Crippen MR) is 45.9 cm³/mol. The van der Waals surface area contributed by atoms with E-state index < -0.39 is 36.1 Å². The molecular formula is C6H13NO5S. The molecule has 5 atom stereocenters. The Morgan fingerprint density at radius 3 is 2.38 bits per heavy atom. The van der Waals surface area contributed by atoms with Gasteiger partial charge >= 0.3 is 0 Å². The van der Waals surface area contributed by atoms with Gasteiger partial charge < -0.3 is 30.9 Å². The van der Waals surface area contributed by atoms with E-state index in [1.54, 1.807) is 0 Å². The normalized spacial score (nSPS) is 52.2. The summed E-state index contributed by atoms with van der Waals surface area (Å²) in [5.74, 6) is 0. The average Bonchev–Trinajstić information content (AvgIpc) is 2.08. The molecule has 0 amide bonds. The molecule has 1 rings (SSSR count). The van der Waals surface area contributed by atoms with E-state index in [1.807, 2.05) is 0 Å². The summed E-state index contributed by atoms with van der Waals surface area (Å²) in [4.78, 5) is 0. The van der Waals surface area contributed by atoms with Crippen molar-refractivity contribution < 1.29 is 25.2 Å². The molecule has 78 valence electrons. The number of thiol groups is 1. The molecule has 0 saturated carbocycles. The van der Waals surface area contributed by atoms with E-state index in [-0.39, 0.29) is 0 Å². The van der Waals surface area contributed by atoms with Crippen LogP contribution >= 0.6 is 12.6 Å². The van der Waals surface area contributed by atoms with Gasteiger partial charge in [-0.2, -0.15) is 0 Å². The third-order valence-electron chi connectivity index (χ3n) is 2.04. The van der Waals surface area contributed by atoms with Crippen LogP contribution in [0, 0.1) is 0 Å². The first kappa shape index (κ1) is 11.2. The van der Waals surface area contributed by atoms with Crippen molar-refractivity contribution in [2.24, 2.45) is 5.73 Å². The second-order valence-electron chi connectivity index (χ2n) is 3.00. The quantitative estimate of drug-likeness (QED) is 0.203. The highest BCUT2D eigenvalue weighted by molar-refractivity contribution is 7.81. The molecule has 0 aliphatic carbocycles. The number of hydrogen-bond acceptors (Lipinski definition) is 7. The van der Waals surface area contributed by atoms with Crippen LogP contribution in [0.3, 0.4) is 0 Å². The van der Waals surface area contributed by atoms with Crippen LogP contribution in [-0.2, 0) is 4.74 Å². The van der Waals surface area contributed by atoms with Gasteiger partial charge in [0.2, 0.25) is 5.12 Å². The summed E-state index contributed by atoms with van der Waals surface area (Å²) in [6, 6.07) is -1.23. The van der Waals surface area contributed by atoms with Gasteiger partial charge in [0.25, 0.3) is 0 Å². The zero-order valence-corrected chi connectivity index (χ0v) is 7.63. The van der Waals surface area contributed by atoms with Crippen LogP contribution in [0.2, 0.25) is 0 Å². The Bertz CT molecular complexity index is 188. The van der Waals surface area contributed by atoms with Crippen LogP contribution in [0.5, 0.6) is 0 Å². The predicted octanol–water partition coefficient (Wildman–Crippen LogP) is -3.00. The lowest BCUT2D eigenvalue weighted by atomic mass is 9.98. The minimum atomic E-state index is -2.04. The fourth-order valence-electron chi connectivity index (χ4n) is 1.17. The standard InChI is InChI=1S/C6H13NO5S/c7-5-4(10)3(9)2(1-8)12-6(5,11)13/h2-5,8-11,13H,1,7H2/t2-,3+,4+,5-,6?/m1/s1. The minimum absolute atomic E-state index is 0.534. The Kier molecular flexibility index (Phi) is 3.18. The second-order valence-corrected chi connectivity index (χ2v) is 3.65. The highest BCUT2D eigenvalue weighted by Crippen LogP contribution is 2.29. The van der Waals surface area contributed by atoms with Gasteiger partial charge in [0, 0.05) is 0 Å². The molecule has 0 aromatic rings. The summed E-state index contributed by atoms with van der Waals surface area (Å²) < 4.78 is 4.75. The zero-order chi connectivity index (χ0) is 10.2. The van der Waals surface area contributed by atoms with Gasteiger partial charge in [-0.25, -0.2) is 0 Å². The first-order valence-corrected chi connectivity index (χ1v) is 4.20. The Morgan fingerprint density at radius 1 is 1.38 bits per heavy atom. The fourth-order valence-corrected chi connectivity index (χ4v) is 1.46. The molecule has 0 aromatic carbocycles.